The molecule has 0 spiro atoms. The average Bonchev–Trinajstić information content (AvgIpc) is 3.68. The molecule has 0 aliphatic carbocycles. The van der Waals surface area contributed by atoms with Gasteiger partial charge in [0.1, 0.15) is 17.2 Å². The number of nitrogens with one attached hydrogen (secondary N) is 2. The van der Waals surface area contributed by atoms with Crippen molar-refractivity contribution in [3.05, 3.63) is 107 Å². The number of benzene rings is 3. The van der Waals surface area contributed by atoms with Crippen LogP contribution >= 0.6 is 11.3 Å². The number of halogens is 2. The van der Waals surface area contributed by atoms with E-state index in [1.54, 1.807) is 35.7 Å². The third-order valence-electron chi connectivity index (χ3n) is 7.53. The van der Waals surface area contributed by atoms with Gasteiger partial charge in [-0.25, -0.2) is 23.7 Å². The number of amides is 1. The number of aromatic nitrogens is 3. The predicted molar refractivity (Wildman–Crippen MR) is 176 cm³/mol. The van der Waals surface area contributed by atoms with Gasteiger partial charge < -0.3 is 10.6 Å². The Morgan fingerprint density at radius 2 is 1.62 bits per heavy atom. The predicted octanol–water partition coefficient (Wildman–Crippen LogP) is 8.43. The molecule has 1 aliphatic heterocycles. The molecule has 1 saturated heterocycles. The summed E-state index contributed by atoms with van der Waals surface area (Å²) in [6.45, 7) is 9.49. The van der Waals surface area contributed by atoms with E-state index >= 15 is 0 Å². The fraction of sp³-hybridized carbons (Fsp3) is 0.257. The van der Waals surface area contributed by atoms with Crippen LogP contribution in [0.5, 0.6) is 0 Å². The standard InChI is InChI=1S/C35H34F2N6OS/c1-35(2,3)33-42-30(23-10-7-12-25(20-23)39-32(44)29-26(36)13-8-14-27(29)37)31(45-33)28-15-16-38-34(41-28)40-24-11-6-9-22(19-24)21-43-17-4-5-18-43/h6-16,19-20H,4-5,17-18,21H2,1-3H3,(H,39,44)(H,38,40,41). The van der Waals surface area contributed by atoms with Crippen molar-refractivity contribution in [2.24, 2.45) is 0 Å². The number of anilines is 3. The number of carbonyl (C=O) groups excluding carboxylic acids is 1. The van der Waals surface area contributed by atoms with E-state index in [1.807, 2.05) is 24.3 Å². The quantitative estimate of drug-likeness (QED) is 0.180. The van der Waals surface area contributed by atoms with E-state index in [0.717, 1.165) is 52.9 Å². The third kappa shape index (κ3) is 7.08. The molecule has 1 aliphatic rings. The molecule has 45 heavy (non-hydrogen) atoms. The maximum Gasteiger partial charge on any atom is 0.261 e. The first-order valence-electron chi connectivity index (χ1n) is 14.9. The van der Waals surface area contributed by atoms with Crippen molar-refractivity contribution < 1.29 is 13.6 Å². The summed E-state index contributed by atoms with van der Waals surface area (Å²) in [5.74, 6) is -2.25. The van der Waals surface area contributed by atoms with Gasteiger partial charge in [-0.2, -0.15) is 0 Å². The molecule has 0 unspecified atom stereocenters. The van der Waals surface area contributed by atoms with E-state index in [9.17, 15) is 13.6 Å². The van der Waals surface area contributed by atoms with Gasteiger partial charge in [0.15, 0.2) is 0 Å². The molecule has 0 bridgehead atoms. The molecule has 1 amide bonds. The number of carbonyl (C=O) groups is 1. The fourth-order valence-electron chi connectivity index (χ4n) is 5.28. The summed E-state index contributed by atoms with van der Waals surface area (Å²) in [7, 11) is 0. The molecule has 2 aromatic heterocycles. The average molecular weight is 625 g/mol. The number of nitrogens with zero attached hydrogens (tertiary/aromatic N) is 4. The Bertz CT molecular complexity index is 1820. The summed E-state index contributed by atoms with van der Waals surface area (Å²) in [5.41, 5.74) is 3.80. The number of hydrogen-bond donors (Lipinski definition) is 2. The second-order valence-corrected chi connectivity index (χ2v) is 13.2. The Morgan fingerprint density at radius 3 is 2.38 bits per heavy atom. The monoisotopic (exact) mass is 624 g/mol. The Labute approximate surface area is 265 Å². The largest absolute Gasteiger partial charge is 0.324 e. The van der Waals surface area contributed by atoms with Crippen LogP contribution in [0.2, 0.25) is 0 Å². The Kier molecular flexibility index (Phi) is 8.69. The molecule has 10 heteroatoms. The van der Waals surface area contributed by atoms with Crippen molar-refractivity contribution in [3.8, 4) is 21.8 Å². The minimum absolute atomic E-state index is 0.226. The van der Waals surface area contributed by atoms with Crippen molar-refractivity contribution in [1.82, 2.24) is 19.9 Å². The maximum absolute atomic E-state index is 14.2. The van der Waals surface area contributed by atoms with Crippen molar-refractivity contribution >= 4 is 34.6 Å². The summed E-state index contributed by atoms with van der Waals surface area (Å²) in [6.07, 6.45) is 4.22. The zero-order valence-electron chi connectivity index (χ0n) is 25.4. The molecular formula is C35H34F2N6OS. The SMILES string of the molecule is CC(C)(C)c1nc(-c2cccc(NC(=O)c3c(F)cccc3F)c2)c(-c2ccnc(Nc3cccc(CN4CCCC4)c3)n2)s1. The minimum atomic E-state index is -0.924. The summed E-state index contributed by atoms with van der Waals surface area (Å²) < 4.78 is 28.5. The van der Waals surface area contributed by atoms with Gasteiger partial charge in [0.05, 0.1) is 21.3 Å². The van der Waals surface area contributed by atoms with Gasteiger partial charge >= 0.3 is 0 Å². The van der Waals surface area contributed by atoms with Gasteiger partial charge in [0, 0.05) is 35.1 Å². The summed E-state index contributed by atoms with van der Waals surface area (Å²) in [5, 5.41) is 6.91. The van der Waals surface area contributed by atoms with Crippen LogP contribution < -0.4 is 10.6 Å². The summed E-state index contributed by atoms with van der Waals surface area (Å²) in [4.78, 5) is 30.5. The summed E-state index contributed by atoms with van der Waals surface area (Å²) >= 11 is 1.55. The van der Waals surface area contributed by atoms with Crippen molar-refractivity contribution in [1.29, 1.82) is 0 Å². The molecule has 0 radical (unpaired) electrons. The first-order valence-corrected chi connectivity index (χ1v) is 15.7. The molecule has 230 valence electrons. The van der Waals surface area contributed by atoms with Gasteiger partial charge in [-0.1, -0.05) is 51.1 Å². The van der Waals surface area contributed by atoms with Crippen LogP contribution in [0.25, 0.3) is 21.8 Å². The van der Waals surface area contributed by atoms with E-state index < -0.39 is 23.1 Å². The van der Waals surface area contributed by atoms with Gasteiger partial charge in [-0.05, 0) is 74.0 Å². The fourth-order valence-corrected chi connectivity index (χ4v) is 6.40. The zero-order valence-corrected chi connectivity index (χ0v) is 26.2. The van der Waals surface area contributed by atoms with Crippen molar-refractivity contribution in [2.75, 3.05) is 23.7 Å². The first-order chi connectivity index (χ1) is 21.6. The van der Waals surface area contributed by atoms with Crippen LogP contribution in [0.3, 0.4) is 0 Å². The van der Waals surface area contributed by atoms with Crippen molar-refractivity contribution in [3.63, 3.8) is 0 Å². The number of hydrogen-bond acceptors (Lipinski definition) is 7. The first kappa shape index (κ1) is 30.5. The lowest BCUT2D eigenvalue weighted by molar-refractivity contribution is 0.101. The molecule has 7 nitrogen and oxygen atoms in total. The highest BCUT2D eigenvalue weighted by Crippen LogP contribution is 2.41. The molecule has 6 rings (SSSR count). The smallest absolute Gasteiger partial charge is 0.261 e. The van der Waals surface area contributed by atoms with Crippen LogP contribution in [0.1, 0.15) is 54.5 Å². The number of likely N-dealkylation sites (tertiary alicyclic amines) is 1. The second kappa shape index (κ2) is 12.8. The van der Waals surface area contributed by atoms with Crippen LogP contribution in [0.15, 0.2) is 79.0 Å². The van der Waals surface area contributed by atoms with Gasteiger partial charge in [-0.15, -0.1) is 11.3 Å². The van der Waals surface area contributed by atoms with E-state index in [1.165, 1.54) is 24.5 Å². The molecule has 2 N–H and O–H groups in total. The van der Waals surface area contributed by atoms with Crippen LogP contribution in [-0.2, 0) is 12.0 Å². The van der Waals surface area contributed by atoms with E-state index in [0.29, 0.717) is 23.0 Å². The van der Waals surface area contributed by atoms with Crippen LogP contribution in [0, 0.1) is 11.6 Å². The lowest BCUT2D eigenvalue weighted by atomic mass is 9.98. The molecular weight excluding hydrogens is 590 g/mol. The third-order valence-corrected chi connectivity index (χ3v) is 9.03. The highest BCUT2D eigenvalue weighted by atomic mass is 32.1. The lowest BCUT2D eigenvalue weighted by Gasteiger charge is -2.15. The Hall–Kier alpha value is -4.54. The van der Waals surface area contributed by atoms with E-state index in [-0.39, 0.29) is 5.41 Å². The number of thiazole rings is 1. The van der Waals surface area contributed by atoms with Gasteiger partial charge in [-0.3, -0.25) is 9.69 Å². The van der Waals surface area contributed by atoms with Crippen LogP contribution in [0.4, 0.5) is 26.1 Å². The Morgan fingerprint density at radius 1 is 0.911 bits per heavy atom. The van der Waals surface area contributed by atoms with E-state index in [2.05, 4.69) is 53.4 Å². The lowest BCUT2D eigenvalue weighted by Crippen LogP contribution is -2.18. The highest BCUT2D eigenvalue weighted by Gasteiger charge is 2.25. The molecule has 0 saturated carbocycles. The summed E-state index contributed by atoms with van der Waals surface area (Å²) in [6, 6.07) is 20.6. The van der Waals surface area contributed by atoms with Gasteiger partial charge in [0.25, 0.3) is 5.91 Å². The molecule has 5 aromatic rings. The zero-order chi connectivity index (χ0) is 31.6. The highest BCUT2D eigenvalue weighted by molar-refractivity contribution is 7.15. The molecule has 3 heterocycles. The van der Waals surface area contributed by atoms with Crippen molar-refractivity contribution in [2.45, 2.75) is 45.6 Å². The number of rotatable bonds is 8. The van der Waals surface area contributed by atoms with Gasteiger partial charge in [0.2, 0.25) is 5.95 Å². The van der Waals surface area contributed by atoms with E-state index in [4.69, 9.17) is 9.97 Å². The minimum Gasteiger partial charge on any atom is -0.324 e. The normalized spacial score (nSPS) is 13.6. The topological polar surface area (TPSA) is 83.0 Å². The molecule has 1 fully saturated rings. The Balaban J connectivity index is 1.30. The molecule has 3 aromatic carbocycles. The molecule has 0 atom stereocenters. The van der Waals surface area contributed by atoms with Crippen LogP contribution in [-0.4, -0.2) is 38.8 Å². The maximum atomic E-state index is 14.2. The second-order valence-electron chi connectivity index (χ2n) is 12.2.